The van der Waals surface area contributed by atoms with E-state index in [4.69, 9.17) is 4.98 Å². The Morgan fingerprint density at radius 3 is 1.90 bits per heavy atom. The molecular weight excluding hydrogens is 961 g/mol. The summed E-state index contributed by atoms with van der Waals surface area (Å²) < 4.78 is 7.48. The zero-order valence-corrected chi connectivity index (χ0v) is 43.8. The molecule has 6 heteroatoms. The molecule has 14 aromatic rings. The molecule has 1 N–H and O–H groups in total. The molecule has 1 aliphatic heterocycles. The van der Waals surface area contributed by atoms with Crippen molar-refractivity contribution >= 4 is 99.6 Å². The lowest BCUT2D eigenvalue weighted by Crippen LogP contribution is -2.36. The number of fused-ring (bicyclic) bond motifs is 17. The Bertz CT molecular complexity index is 4940. The molecule has 6 nitrogen and oxygen atoms in total. The Balaban J connectivity index is 0.985. The first-order chi connectivity index (χ1) is 39.0. The van der Waals surface area contributed by atoms with Gasteiger partial charge in [-0.2, -0.15) is 0 Å². The van der Waals surface area contributed by atoms with E-state index in [1.54, 1.807) is 0 Å². The summed E-state index contributed by atoms with van der Waals surface area (Å²) in [5.41, 5.74) is 19.5. The molecule has 0 bridgehead atoms. The van der Waals surface area contributed by atoms with Crippen LogP contribution >= 0.6 is 0 Å². The average Bonchev–Trinajstić information content (AvgIpc) is 4.47. The van der Waals surface area contributed by atoms with E-state index in [1.165, 1.54) is 76.8 Å². The van der Waals surface area contributed by atoms with Gasteiger partial charge in [0.1, 0.15) is 11.6 Å². The van der Waals surface area contributed by atoms with Gasteiger partial charge in [-0.25, -0.2) is 4.98 Å². The van der Waals surface area contributed by atoms with E-state index >= 15 is 0 Å². The van der Waals surface area contributed by atoms with Crippen molar-refractivity contribution in [3.05, 3.63) is 260 Å². The number of nitrogens with zero attached hydrogens (tertiary/aromatic N) is 5. The summed E-state index contributed by atoms with van der Waals surface area (Å²) >= 11 is 0. The number of rotatable bonds is 6. The third kappa shape index (κ3) is 6.25. The van der Waals surface area contributed by atoms with Gasteiger partial charge in [0.15, 0.2) is 0 Å². The highest BCUT2D eigenvalue weighted by molar-refractivity contribution is 6.23. The van der Waals surface area contributed by atoms with E-state index in [0.717, 1.165) is 73.8 Å². The lowest BCUT2D eigenvalue weighted by atomic mass is 9.73. The number of hydrogen-bond acceptors (Lipinski definition) is 2. The molecule has 0 spiro atoms. The SMILES string of the molecule is CC1C=CC=C(n2c3c(c4ccccc42)C=CC2(C)c4ccccc4N(c4cc(-c5ccc(-n6c7ccccc7c7ccccc76)cc5-c5ccccc5)cc(-n5c6ccccc6c6ccc7c8ccccc8[nH]c7c65)n4)C32)C1. The maximum Gasteiger partial charge on any atom is 0.140 e. The van der Waals surface area contributed by atoms with E-state index in [2.05, 4.69) is 286 Å². The molecule has 79 heavy (non-hydrogen) atoms. The number of hydrogen-bond donors (Lipinski definition) is 1. The van der Waals surface area contributed by atoms with Crippen LogP contribution in [0.2, 0.25) is 0 Å². The molecule has 9 aromatic carbocycles. The monoisotopic (exact) mass is 1010 g/mol. The minimum absolute atomic E-state index is 0.153. The van der Waals surface area contributed by atoms with Crippen molar-refractivity contribution in [2.24, 2.45) is 5.92 Å². The fourth-order valence-electron chi connectivity index (χ4n) is 14.3. The number of para-hydroxylation sites is 6. The number of H-pyrrole nitrogens is 1. The van der Waals surface area contributed by atoms with Gasteiger partial charge < -0.3 is 19.0 Å². The third-order valence-corrected chi connectivity index (χ3v) is 17.7. The lowest BCUT2D eigenvalue weighted by Gasteiger charge is -2.39. The summed E-state index contributed by atoms with van der Waals surface area (Å²) in [5.74, 6) is 2.15. The molecule has 3 aliphatic rings. The summed E-state index contributed by atoms with van der Waals surface area (Å²) in [4.78, 5) is 12.6. The predicted octanol–water partition coefficient (Wildman–Crippen LogP) is 18.8. The van der Waals surface area contributed by atoms with Crippen LogP contribution in [0.5, 0.6) is 0 Å². The van der Waals surface area contributed by atoms with Crippen molar-refractivity contribution in [3.8, 4) is 33.8 Å². The van der Waals surface area contributed by atoms with Crippen molar-refractivity contribution in [2.75, 3.05) is 4.90 Å². The van der Waals surface area contributed by atoms with Gasteiger partial charge in [0, 0.05) is 71.3 Å². The fourth-order valence-corrected chi connectivity index (χ4v) is 14.3. The molecule has 0 saturated carbocycles. The smallest absolute Gasteiger partial charge is 0.140 e. The second-order valence-electron chi connectivity index (χ2n) is 22.2. The first-order valence-electron chi connectivity index (χ1n) is 27.7. The number of pyridine rings is 1. The van der Waals surface area contributed by atoms with Gasteiger partial charge in [-0.1, -0.05) is 189 Å². The molecule has 0 amide bonds. The highest BCUT2D eigenvalue weighted by Gasteiger charge is 2.52. The second-order valence-corrected chi connectivity index (χ2v) is 22.2. The molecule has 17 rings (SSSR count). The van der Waals surface area contributed by atoms with Gasteiger partial charge >= 0.3 is 0 Å². The highest BCUT2D eigenvalue weighted by atomic mass is 15.3. The first-order valence-corrected chi connectivity index (χ1v) is 27.7. The number of aromatic nitrogens is 5. The maximum absolute atomic E-state index is 6.09. The zero-order chi connectivity index (χ0) is 52.1. The molecule has 6 heterocycles. The predicted molar refractivity (Wildman–Crippen MR) is 330 cm³/mol. The molecule has 3 unspecified atom stereocenters. The molecule has 5 aromatic heterocycles. The second kappa shape index (κ2) is 16.5. The van der Waals surface area contributed by atoms with Crippen LogP contribution < -0.4 is 4.90 Å². The number of benzene rings is 9. The molecular formula is C73H52N6. The Hall–Kier alpha value is -9.91. The lowest BCUT2D eigenvalue weighted by molar-refractivity contribution is 0.481. The number of nitrogens with one attached hydrogen (secondary N) is 1. The van der Waals surface area contributed by atoms with Gasteiger partial charge in [-0.15, -0.1) is 0 Å². The first kappa shape index (κ1) is 44.2. The van der Waals surface area contributed by atoms with Crippen LogP contribution in [0.1, 0.15) is 43.1 Å². The van der Waals surface area contributed by atoms with E-state index in [-0.39, 0.29) is 6.04 Å². The van der Waals surface area contributed by atoms with Gasteiger partial charge in [-0.3, -0.25) is 4.57 Å². The average molecular weight is 1010 g/mol. The van der Waals surface area contributed by atoms with Crippen molar-refractivity contribution in [3.63, 3.8) is 0 Å². The fraction of sp³-hybridized carbons (Fsp3) is 0.0822. The summed E-state index contributed by atoms with van der Waals surface area (Å²) in [7, 11) is 0. The van der Waals surface area contributed by atoms with E-state index in [1.807, 2.05) is 0 Å². The van der Waals surface area contributed by atoms with Crippen LogP contribution in [-0.4, -0.2) is 23.7 Å². The topological polar surface area (TPSA) is 46.7 Å². The molecule has 0 radical (unpaired) electrons. The quantitative estimate of drug-likeness (QED) is 0.180. The Labute approximate surface area is 456 Å². The van der Waals surface area contributed by atoms with Crippen LogP contribution in [0.15, 0.2) is 243 Å². The number of allylic oxidation sites excluding steroid dienone is 4. The minimum Gasteiger partial charge on any atom is -0.353 e. The van der Waals surface area contributed by atoms with Crippen LogP contribution in [0.25, 0.3) is 122 Å². The maximum atomic E-state index is 6.09. The van der Waals surface area contributed by atoms with Gasteiger partial charge in [0.2, 0.25) is 0 Å². The minimum atomic E-state index is -0.410. The van der Waals surface area contributed by atoms with Crippen LogP contribution in [0.4, 0.5) is 11.5 Å². The van der Waals surface area contributed by atoms with E-state index in [9.17, 15) is 0 Å². The molecule has 374 valence electrons. The summed E-state index contributed by atoms with van der Waals surface area (Å²) in [6.45, 7) is 4.78. The number of aromatic amines is 1. The Kier molecular flexibility index (Phi) is 9.27. The summed E-state index contributed by atoms with van der Waals surface area (Å²) in [5, 5.41) is 8.50. The standard InChI is InChI=1S/C73H52N6/c1-45-19-18-22-48(41-45)77-64-32-15-9-27-55(64)58-39-40-73(2)60-28-11-17-34-66(60)79(72(73)71(58)77)68-43-47(42-67(75-68)78-65-33-16-10-26-54(65)57-38-37-56-51-23-6-12-29-61(51)74-69(56)70(57)78)50-36-35-49(44-59(50)46-20-4-3-5-21-46)76-62-30-13-7-24-52(62)53-25-8-14-31-63(53)76/h3-40,42-45,72,74H,41H2,1-2H3. The zero-order valence-electron chi connectivity index (χ0n) is 43.8. The molecule has 0 fully saturated rings. The summed E-state index contributed by atoms with van der Waals surface area (Å²) in [6, 6.07) is 80.4. The Morgan fingerprint density at radius 1 is 0.519 bits per heavy atom. The van der Waals surface area contributed by atoms with Gasteiger partial charge in [0.05, 0.1) is 44.8 Å². The molecule has 2 aliphatic carbocycles. The Morgan fingerprint density at radius 2 is 1.14 bits per heavy atom. The molecule has 3 atom stereocenters. The van der Waals surface area contributed by atoms with Gasteiger partial charge in [0.25, 0.3) is 0 Å². The normalized spacial score (nSPS) is 17.7. The van der Waals surface area contributed by atoms with Crippen LogP contribution in [0.3, 0.4) is 0 Å². The van der Waals surface area contributed by atoms with Crippen molar-refractivity contribution < 1.29 is 0 Å². The van der Waals surface area contributed by atoms with E-state index in [0.29, 0.717) is 5.92 Å². The third-order valence-electron chi connectivity index (χ3n) is 17.7. The van der Waals surface area contributed by atoms with Crippen LogP contribution in [-0.2, 0) is 5.41 Å². The van der Waals surface area contributed by atoms with Gasteiger partial charge in [-0.05, 0) is 114 Å². The largest absolute Gasteiger partial charge is 0.353 e. The number of anilines is 2. The van der Waals surface area contributed by atoms with Crippen molar-refractivity contribution in [2.45, 2.75) is 31.7 Å². The highest BCUT2D eigenvalue weighted by Crippen LogP contribution is 2.61. The summed E-state index contributed by atoms with van der Waals surface area (Å²) in [6.07, 6.45) is 12.8. The van der Waals surface area contributed by atoms with Crippen molar-refractivity contribution in [1.82, 2.24) is 23.7 Å². The van der Waals surface area contributed by atoms with E-state index < -0.39 is 5.41 Å². The van der Waals surface area contributed by atoms with Crippen LogP contribution in [0, 0.1) is 5.92 Å². The molecule has 0 saturated heterocycles. The van der Waals surface area contributed by atoms with Crippen molar-refractivity contribution in [1.29, 1.82) is 0 Å².